The summed E-state index contributed by atoms with van der Waals surface area (Å²) in [6.07, 6.45) is 1.62. The van der Waals surface area contributed by atoms with E-state index in [0.717, 1.165) is 0 Å². The van der Waals surface area contributed by atoms with Gasteiger partial charge in [-0.3, -0.25) is 14.5 Å². The van der Waals surface area contributed by atoms with Gasteiger partial charge in [0.15, 0.2) is 5.78 Å². The van der Waals surface area contributed by atoms with Crippen LogP contribution in [0.3, 0.4) is 0 Å². The molecule has 0 fully saturated rings. The van der Waals surface area contributed by atoms with E-state index < -0.39 is 11.7 Å². The summed E-state index contributed by atoms with van der Waals surface area (Å²) in [5.41, 5.74) is 1.97. The summed E-state index contributed by atoms with van der Waals surface area (Å²) in [4.78, 5) is 27.2. The Kier molecular flexibility index (Phi) is 4.79. The van der Waals surface area contributed by atoms with E-state index in [0.29, 0.717) is 46.1 Å². The molecule has 4 rings (SSSR count). The first-order valence-corrected chi connectivity index (χ1v) is 9.52. The molecule has 0 saturated carbocycles. The highest BCUT2D eigenvalue weighted by atomic mass is 35.5. The fourth-order valence-electron chi connectivity index (χ4n) is 3.96. The molecule has 0 spiro atoms. The Balaban J connectivity index is 1.91. The molecule has 1 unspecified atom stereocenters. The highest BCUT2D eigenvalue weighted by Crippen LogP contribution is 2.46. The molecule has 3 nitrogen and oxygen atoms in total. The van der Waals surface area contributed by atoms with Crippen LogP contribution in [0.25, 0.3) is 0 Å². The number of ketones is 1. The molecular formula is C21H16Cl2FNO2. The Morgan fingerprint density at radius 3 is 2.56 bits per heavy atom. The maximum atomic E-state index is 14.4. The van der Waals surface area contributed by atoms with E-state index in [4.69, 9.17) is 23.2 Å². The number of carbonyl (C=O) groups is 2. The van der Waals surface area contributed by atoms with Gasteiger partial charge in [0.2, 0.25) is 5.91 Å². The van der Waals surface area contributed by atoms with E-state index >= 15 is 0 Å². The van der Waals surface area contributed by atoms with Gasteiger partial charge >= 0.3 is 0 Å². The molecule has 27 heavy (non-hydrogen) atoms. The number of para-hydroxylation sites is 1. The monoisotopic (exact) mass is 403 g/mol. The molecule has 1 aliphatic heterocycles. The van der Waals surface area contributed by atoms with Gasteiger partial charge in [-0.1, -0.05) is 47.5 Å². The fraction of sp³-hybridized carbons (Fsp3) is 0.238. The number of hydrogen-bond acceptors (Lipinski definition) is 2. The molecule has 1 amide bonds. The minimum atomic E-state index is -0.491. The van der Waals surface area contributed by atoms with Crippen molar-refractivity contribution in [2.24, 2.45) is 0 Å². The third-order valence-corrected chi connectivity index (χ3v) is 5.96. The van der Waals surface area contributed by atoms with Crippen molar-refractivity contribution in [3.05, 3.63) is 75.2 Å². The van der Waals surface area contributed by atoms with Crippen molar-refractivity contribution in [1.82, 2.24) is 0 Å². The van der Waals surface area contributed by atoms with Gasteiger partial charge in [-0.25, -0.2) is 4.39 Å². The molecule has 2 aromatic rings. The van der Waals surface area contributed by atoms with Gasteiger partial charge < -0.3 is 0 Å². The zero-order valence-electron chi connectivity index (χ0n) is 14.3. The summed E-state index contributed by atoms with van der Waals surface area (Å²) in [6.45, 7) is 0. The Morgan fingerprint density at radius 2 is 1.78 bits per heavy atom. The van der Waals surface area contributed by atoms with E-state index in [1.165, 1.54) is 11.0 Å². The Morgan fingerprint density at radius 1 is 1.00 bits per heavy atom. The highest BCUT2D eigenvalue weighted by molar-refractivity contribution is 6.42. The average molecular weight is 404 g/mol. The number of carbonyl (C=O) groups excluding carboxylic acids is 2. The zero-order chi connectivity index (χ0) is 19.1. The van der Waals surface area contributed by atoms with Crippen LogP contribution in [0.5, 0.6) is 0 Å². The summed E-state index contributed by atoms with van der Waals surface area (Å²) in [7, 11) is 0. The highest BCUT2D eigenvalue weighted by Gasteiger charge is 2.41. The summed E-state index contributed by atoms with van der Waals surface area (Å²) in [6, 6.07) is 11.3. The second-order valence-electron chi connectivity index (χ2n) is 6.72. The second-order valence-corrected chi connectivity index (χ2v) is 7.50. The molecule has 0 saturated heterocycles. The molecule has 1 heterocycles. The first-order chi connectivity index (χ1) is 13.0. The maximum Gasteiger partial charge on any atom is 0.232 e. The lowest BCUT2D eigenvalue weighted by atomic mass is 9.77. The molecule has 6 heteroatoms. The first kappa shape index (κ1) is 18.2. The van der Waals surface area contributed by atoms with Crippen LogP contribution in [-0.4, -0.2) is 11.7 Å². The predicted molar refractivity (Wildman–Crippen MR) is 104 cm³/mol. The molecule has 138 valence electrons. The van der Waals surface area contributed by atoms with Gasteiger partial charge in [0, 0.05) is 30.0 Å². The largest absolute Gasteiger partial charge is 0.294 e. The zero-order valence-corrected chi connectivity index (χ0v) is 15.9. The first-order valence-electron chi connectivity index (χ1n) is 8.76. The van der Waals surface area contributed by atoms with Gasteiger partial charge in [0.05, 0.1) is 15.7 Å². The van der Waals surface area contributed by atoms with Crippen LogP contribution in [-0.2, 0) is 9.59 Å². The quantitative estimate of drug-likeness (QED) is 0.648. The molecule has 0 N–H and O–H groups in total. The number of anilines is 1. The molecule has 0 radical (unpaired) electrons. The molecule has 0 bridgehead atoms. The fourth-order valence-corrected chi connectivity index (χ4v) is 4.40. The van der Waals surface area contributed by atoms with Crippen molar-refractivity contribution < 1.29 is 14.0 Å². The Labute approximate surface area is 166 Å². The van der Waals surface area contributed by atoms with Crippen LogP contribution >= 0.6 is 23.2 Å². The Hall–Kier alpha value is -2.17. The van der Waals surface area contributed by atoms with Crippen molar-refractivity contribution >= 4 is 40.6 Å². The SMILES string of the molecule is O=C1CCCC2=C1C(c1cccc(Cl)c1Cl)CC(=O)N2c1ccccc1F. The maximum absolute atomic E-state index is 14.4. The number of benzene rings is 2. The third kappa shape index (κ3) is 3.07. The number of Topliss-reactive ketones (excluding diaryl/α,β-unsaturated/α-hetero) is 1. The van der Waals surface area contributed by atoms with Crippen LogP contribution in [0.1, 0.15) is 37.2 Å². The topological polar surface area (TPSA) is 37.4 Å². The van der Waals surface area contributed by atoms with Crippen molar-refractivity contribution in [3.63, 3.8) is 0 Å². The van der Waals surface area contributed by atoms with Crippen molar-refractivity contribution in [1.29, 1.82) is 0 Å². The van der Waals surface area contributed by atoms with E-state index in [1.54, 1.807) is 36.4 Å². The molecule has 1 aliphatic carbocycles. The predicted octanol–water partition coefficient (Wildman–Crippen LogP) is 5.66. The number of hydrogen-bond donors (Lipinski definition) is 0. The smallest absolute Gasteiger partial charge is 0.232 e. The lowest BCUT2D eigenvalue weighted by Gasteiger charge is -2.38. The lowest BCUT2D eigenvalue weighted by Crippen LogP contribution is -2.41. The summed E-state index contributed by atoms with van der Waals surface area (Å²) < 4.78 is 14.4. The number of allylic oxidation sites excluding steroid dienone is 2. The Bertz CT molecular complexity index is 986. The number of amides is 1. The molecule has 0 aromatic heterocycles. The minimum absolute atomic E-state index is 0.0221. The average Bonchev–Trinajstić information content (AvgIpc) is 2.65. The van der Waals surface area contributed by atoms with Crippen LogP contribution in [0.15, 0.2) is 53.7 Å². The number of halogens is 3. The molecular weight excluding hydrogens is 388 g/mol. The normalized spacial score (nSPS) is 20.1. The number of nitrogens with zero attached hydrogens (tertiary/aromatic N) is 1. The van der Waals surface area contributed by atoms with Gasteiger partial charge in [-0.15, -0.1) is 0 Å². The van der Waals surface area contributed by atoms with E-state index in [2.05, 4.69) is 0 Å². The molecule has 1 atom stereocenters. The minimum Gasteiger partial charge on any atom is -0.294 e. The van der Waals surface area contributed by atoms with Gasteiger partial charge in [0.1, 0.15) is 5.82 Å². The van der Waals surface area contributed by atoms with E-state index in [9.17, 15) is 14.0 Å². The van der Waals surface area contributed by atoms with Gasteiger partial charge in [-0.2, -0.15) is 0 Å². The van der Waals surface area contributed by atoms with Gasteiger partial charge in [-0.05, 0) is 36.6 Å². The van der Waals surface area contributed by atoms with Crippen LogP contribution in [0.4, 0.5) is 10.1 Å². The second kappa shape index (κ2) is 7.10. The standard InChI is InChI=1S/C21H16Cl2FNO2/c22-14-6-3-5-12(21(14)23)13-11-19(27)25(16-8-2-1-7-15(16)24)17-9-4-10-18(26)20(13)17/h1-3,5-8,13H,4,9-11H2. The molecule has 2 aromatic carbocycles. The van der Waals surface area contributed by atoms with Crippen molar-refractivity contribution in [2.75, 3.05) is 4.90 Å². The number of rotatable bonds is 2. The lowest BCUT2D eigenvalue weighted by molar-refractivity contribution is -0.120. The van der Waals surface area contributed by atoms with E-state index in [1.807, 2.05) is 0 Å². The van der Waals surface area contributed by atoms with Crippen molar-refractivity contribution in [3.8, 4) is 0 Å². The summed E-state index contributed by atoms with van der Waals surface area (Å²) in [5, 5.41) is 0.727. The van der Waals surface area contributed by atoms with Gasteiger partial charge in [0.25, 0.3) is 0 Å². The van der Waals surface area contributed by atoms with E-state index in [-0.39, 0.29) is 23.8 Å². The third-order valence-electron chi connectivity index (χ3n) is 5.13. The van der Waals surface area contributed by atoms with Crippen molar-refractivity contribution in [2.45, 2.75) is 31.6 Å². The van der Waals surface area contributed by atoms with Crippen LogP contribution in [0, 0.1) is 5.82 Å². The van der Waals surface area contributed by atoms with Crippen LogP contribution < -0.4 is 4.90 Å². The van der Waals surface area contributed by atoms with Crippen LogP contribution in [0.2, 0.25) is 10.0 Å². The summed E-state index contributed by atoms with van der Waals surface area (Å²) >= 11 is 12.5. The summed E-state index contributed by atoms with van der Waals surface area (Å²) in [5.74, 6) is -1.23. The molecule has 2 aliphatic rings.